The summed E-state index contributed by atoms with van der Waals surface area (Å²) in [5, 5.41) is 23.9. The molecule has 436 valence electrons. The number of nitrogens with zero attached hydrogens (tertiary/aromatic N) is 6. The number of H-pyrrole nitrogens is 1. The number of anilines is 1. The van der Waals surface area contributed by atoms with Gasteiger partial charge in [0.2, 0.25) is 23.6 Å². The number of sulfonamides is 1. The highest BCUT2D eigenvalue weighted by Gasteiger charge is 2.44. The largest absolute Gasteiger partial charge is 0.474 e. The molecular formula is C57H73FN10O11S2. The molecule has 0 spiro atoms. The lowest BCUT2D eigenvalue weighted by Gasteiger charge is -2.35. The molecule has 2 aliphatic rings. The maximum absolute atomic E-state index is 14.4. The number of carbonyl (C=O) groups is 3. The summed E-state index contributed by atoms with van der Waals surface area (Å²) in [5.74, 6) is -1.46. The van der Waals surface area contributed by atoms with Crippen molar-refractivity contribution in [1.82, 2.24) is 45.6 Å². The first kappa shape index (κ1) is 60.6. The van der Waals surface area contributed by atoms with E-state index in [0.29, 0.717) is 66.8 Å². The molecule has 2 saturated heterocycles. The van der Waals surface area contributed by atoms with E-state index in [1.807, 2.05) is 57.5 Å². The number of aliphatic hydroxyl groups excluding tert-OH is 1. The molecule has 24 heteroatoms. The first-order valence-electron chi connectivity index (χ1n) is 27.3. The third-order valence-corrected chi connectivity index (χ3v) is 16.3. The summed E-state index contributed by atoms with van der Waals surface area (Å²) < 4.78 is 72.0. The van der Waals surface area contributed by atoms with Crippen molar-refractivity contribution in [3.05, 3.63) is 101 Å². The molecule has 0 unspecified atom stereocenters. The van der Waals surface area contributed by atoms with Crippen LogP contribution in [0.4, 0.5) is 10.1 Å². The van der Waals surface area contributed by atoms with Crippen LogP contribution in [0.15, 0.2) is 83.3 Å². The van der Waals surface area contributed by atoms with Crippen molar-refractivity contribution in [3.8, 4) is 27.7 Å². The Morgan fingerprint density at radius 2 is 1.64 bits per heavy atom. The van der Waals surface area contributed by atoms with Crippen molar-refractivity contribution in [3.63, 3.8) is 0 Å². The Bertz CT molecular complexity index is 3160. The van der Waals surface area contributed by atoms with Crippen LogP contribution in [0.1, 0.15) is 69.7 Å². The van der Waals surface area contributed by atoms with Crippen molar-refractivity contribution in [2.45, 2.75) is 102 Å². The van der Waals surface area contributed by atoms with Crippen molar-refractivity contribution in [1.29, 1.82) is 0 Å². The molecule has 0 radical (unpaired) electrons. The Balaban J connectivity index is 0.660. The Kier molecular flexibility index (Phi) is 21.3. The third-order valence-electron chi connectivity index (χ3n) is 13.9. The molecule has 5 N–H and O–H groups in total. The maximum Gasteiger partial charge on any atom is 0.264 e. The molecular weight excluding hydrogens is 1080 g/mol. The van der Waals surface area contributed by atoms with Crippen LogP contribution in [-0.4, -0.2) is 170 Å². The molecule has 2 aliphatic heterocycles. The second-order valence-corrected chi connectivity index (χ2v) is 23.8. The van der Waals surface area contributed by atoms with Gasteiger partial charge in [-0.3, -0.25) is 29.1 Å². The minimum Gasteiger partial charge on any atom is -0.474 e. The molecule has 0 saturated carbocycles. The number of aromatic amines is 1. The number of aliphatic hydroxyl groups is 1. The number of aromatic nitrogens is 5. The Labute approximate surface area is 475 Å². The van der Waals surface area contributed by atoms with E-state index >= 15 is 0 Å². The predicted molar refractivity (Wildman–Crippen MR) is 303 cm³/mol. The molecule has 3 amide bonds. The van der Waals surface area contributed by atoms with Gasteiger partial charge in [-0.25, -0.2) is 22.8 Å². The lowest BCUT2D eigenvalue weighted by Crippen LogP contribution is -2.58. The Hall–Kier alpha value is -6.51. The van der Waals surface area contributed by atoms with Crippen LogP contribution in [0.2, 0.25) is 0 Å². The number of hydrogen-bond donors (Lipinski definition) is 5. The number of benzene rings is 3. The van der Waals surface area contributed by atoms with E-state index in [1.165, 1.54) is 17.0 Å². The molecule has 21 nitrogen and oxygen atoms in total. The minimum atomic E-state index is -4.16. The second-order valence-electron chi connectivity index (χ2n) is 21.3. The van der Waals surface area contributed by atoms with Crippen LogP contribution in [-0.2, 0) is 49.9 Å². The van der Waals surface area contributed by atoms with E-state index < -0.39 is 56.2 Å². The number of amides is 3. The zero-order valence-electron chi connectivity index (χ0n) is 46.5. The molecule has 2 fully saturated rings. The van der Waals surface area contributed by atoms with Crippen molar-refractivity contribution >= 4 is 55.8 Å². The number of likely N-dealkylation sites (tertiary alicyclic amines) is 1. The SMILES string of the molecule is Cc1ccc(F)c(S(=O)(=O)Nc2ccc(-c3nc(OC[C@H]4CN(CCCCCCOCCOCCOCC(=O)N[C@H](C(=O)N5C[C@H](O)C[C@H]5C(=O)NCc5ccc(-c6scnc6C)cc5)C(C)(C)C)CCO4)c4cn[nH]c4n3)cc2)c1. The molecule has 4 atom stereocenters. The summed E-state index contributed by atoms with van der Waals surface area (Å²) in [6, 6.07) is 16.4. The van der Waals surface area contributed by atoms with Gasteiger partial charge in [0.05, 0.1) is 61.4 Å². The highest BCUT2D eigenvalue weighted by atomic mass is 32.2. The molecule has 81 heavy (non-hydrogen) atoms. The standard InChI is InChI=1S/C57H73FN10O11S2/c1-37-10-19-46(58)48(28-37)81(73,74)66-42-17-15-41(16-18-42)52-63-53-45(31-61-65-53)55(64-52)79-34-44-33-67(21-23-78-44)20-8-6-7-9-22-75-24-25-76-26-27-77-35-49(70)62-51(57(3,4)5)56(72)68-32-43(69)29-47(68)54(71)59-30-39-11-13-40(14-12-39)50-38(2)60-36-80-50/h10-19,28,31,36,43-44,47,51,66,69H,6-9,20-27,29-30,32-35H2,1-5H3,(H,59,71)(H,62,70)(H,61,63,64,65)/t43-,44-,47+,51-/m1/s1. The van der Waals surface area contributed by atoms with Gasteiger partial charge in [-0.2, -0.15) is 10.1 Å². The smallest absolute Gasteiger partial charge is 0.264 e. The molecule has 6 aromatic rings. The monoisotopic (exact) mass is 1160 g/mol. The number of unbranched alkanes of at least 4 members (excludes halogenated alkanes) is 3. The molecule has 0 aliphatic carbocycles. The number of β-amino-alcohol motifs (C(OH)–C–C–N with tert-alkyl or cyclic N) is 1. The number of hydrogen-bond acceptors (Lipinski definition) is 17. The van der Waals surface area contributed by atoms with Gasteiger partial charge in [0.15, 0.2) is 11.5 Å². The van der Waals surface area contributed by atoms with Gasteiger partial charge in [0, 0.05) is 50.5 Å². The van der Waals surface area contributed by atoms with Gasteiger partial charge < -0.3 is 44.3 Å². The van der Waals surface area contributed by atoms with E-state index in [0.717, 1.165) is 66.5 Å². The average molecular weight is 1160 g/mol. The third kappa shape index (κ3) is 17.0. The van der Waals surface area contributed by atoms with Crippen LogP contribution < -0.4 is 20.1 Å². The quantitative estimate of drug-likeness (QED) is 0.0343. The Morgan fingerprint density at radius 1 is 0.914 bits per heavy atom. The summed E-state index contributed by atoms with van der Waals surface area (Å²) in [5.41, 5.74) is 5.94. The van der Waals surface area contributed by atoms with E-state index in [2.05, 4.69) is 45.4 Å². The van der Waals surface area contributed by atoms with Crippen LogP contribution in [0.3, 0.4) is 0 Å². The van der Waals surface area contributed by atoms with E-state index in [1.54, 1.807) is 48.7 Å². The maximum atomic E-state index is 14.4. The van der Waals surface area contributed by atoms with E-state index in [4.69, 9.17) is 23.7 Å². The summed E-state index contributed by atoms with van der Waals surface area (Å²) in [6.07, 6.45) is 4.68. The topological polar surface area (TPSA) is 262 Å². The second kappa shape index (κ2) is 28.5. The summed E-state index contributed by atoms with van der Waals surface area (Å²) >= 11 is 1.57. The number of carbonyl (C=O) groups excluding carboxylic acids is 3. The van der Waals surface area contributed by atoms with Crippen LogP contribution in [0.5, 0.6) is 5.88 Å². The molecule has 0 bridgehead atoms. The normalized spacial score (nSPS) is 17.3. The predicted octanol–water partition coefficient (Wildman–Crippen LogP) is 6.20. The Morgan fingerprint density at radius 3 is 2.38 bits per heavy atom. The van der Waals surface area contributed by atoms with Crippen LogP contribution in [0.25, 0.3) is 32.9 Å². The first-order chi connectivity index (χ1) is 38.9. The first-order valence-corrected chi connectivity index (χ1v) is 29.6. The number of halogens is 1. The number of aryl methyl sites for hydroxylation is 2. The molecule has 5 heterocycles. The van der Waals surface area contributed by atoms with Crippen LogP contribution in [0, 0.1) is 25.1 Å². The van der Waals surface area contributed by atoms with Gasteiger partial charge in [-0.05, 0) is 91.7 Å². The fourth-order valence-electron chi connectivity index (χ4n) is 9.50. The fraction of sp³-hybridized carbons (Fsp3) is 0.491. The number of thiazole rings is 1. The van der Waals surface area contributed by atoms with Crippen molar-refractivity contribution in [2.75, 3.05) is 83.8 Å². The number of rotatable bonds is 28. The lowest BCUT2D eigenvalue weighted by atomic mass is 9.85. The van der Waals surface area contributed by atoms with Gasteiger partial charge in [-0.1, -0.05) is 63.9 Å². The van der Waals surface area contributed by atoms with E-state index in [9.17, 15) is 32.3 Å². The van der Waals surface area contributed by atoms with Gasteiger partial charge in [0.1, 0.15) is 47.5 Å². The summed E-state index contributed by atoms with van der Waals surface area (Å²) in [6.45, 7) is 14.3. The fourth-order valence-corrected chi connectivity index (χ4v) is 11.5. The number of fused-ring (bicyclic) bond motifs is 1. The molecule has 3 aromatic carbocycles. The lowest BCUT2D eigenvalue weighted by molar-refractivity contribution is -0.144. The number of ether oxygens (including phenoxy) is 5. The molecule has 8 rings (SSSR count). The molecule has 3 aromatic heterocycles. The zero-order valence-corrected chi connectivity index (χ0v) is 48.1. The minimum absolute atomic E-state index is 0.0206. The average Bonchev–Trinajstić information content (AvgIpc) is 4.35. The van der Waals surface area contributed by atoms with Gasteiger partial charge in [-0.15, -0.1) is 11.3 Å². The van der Waals surface area contributed by atoms with E-state index in [-0.39, 0.29) is 63.6 Å². The number of nitrogens with one attached hydrogen (secondary N) is 4. The van der Waals surface area contributed by atoms with Crippen molar-refractivity contribution < 1.29 is 56.0 Å². The van der Waals surface area contributed by atoms with Gasteiger partial charge in [0.25, 0.3) is 10.0 Å². The van der Waals surface area contributed by atoms with Gasteiger partial charge >= 0.3 is 0 Å². The summed E-state index contributed by atoms with van der Waals surface area (Å²) in [7, 11) is -4.16. The highest BCUT2D eigenvalue weighted by Crippen LogP contribution is 2.30. The van der Waals surface area contributed by atoms with Crippen molar-refractivity contribution in [2.24, 2.45) is 5.41 Å². The van der Waals surface area contributed by atoms with Crippen LogP contribution >= 0.6 is 11.3 Å². The summed E-state index contributed by atoms with van der Waals surface area (Å²) in [4.78, 5) is 58.4. The zero-order chi connectivity index (χ0) is 57.5. The highest BCUT2D eigenvalue weighted by molar-refractivity contribution is 7.92. The number of morpholine rings is 1.